The van der Waals surface area contributed by atoms with Gasteiger partial charge in [0.25, 0.3) is 0 Å². The Kier molecular flexibility index (Phi) is 7.42. The van der Waals surface area contributed by atoms with E-state index in [0.717, 1.165) is 6.08 Å². The molecule has 0 aromatic carbocycles. The van der Waals surface area contributed by atoms with Gasteiger partial charge in [0.1, 0.15) is 0 Å². The van der Waals surface area contributed by atoms with Crippen molar-refractivity contribution in [2.75, 3.05) is 0 Å². The van der Waals surface area contributed by atoms with Gasteiger partial charge in [-0.2, -0.15) is 57.1 Å². The maximum atomic E-state index is 12.7. The average Bonchev–Trinajstić information content (AvgIpc) is 2.45. The van der Waals surface area contributed by atoms with Gasteiger partial charge in [-0.3, -0.25) is 0 Å². The van der Waals surface area contributed by atoms with Gasteiger partial charge >= 0.3 is 41.8 Å². The summed E-state index contributed by atoms with van der Waals surface area (Å²) >= 11 is 0. The molecule has 0 unspecified atom stereocenters. The third kappa shape index (κ3) is 4.23. The molecular weight excluding hydrogens is 411 g/mol. The number of carboxylic acid groups (broad SMARTS) is 1. The number of aliphatic carboxylic acids is 1. The number of alkyl halides is 13. The monoisotopic (exact) mass is 418 g/mol. The quantitative estimate of drug-likeness (QED) is 0.367. The summed E-state index contributed by atoms with van der Waals surface area (Å²) in [6.45, 7) is 4.85. The van der Waals surface area contributed by atoms with Crippen LogP contribution >= 0.6 is 0 Å². The lowest BCUT2D eigenvalue weighted by Gasteiger charge is -2.38. The highest BCUT2D eigenvalue weighted by Gasteiger charge is 2.90. The third-order valence-corrected chi connectivity index (χ3v) is 2.39. The summed E-state index contributed by atoms with van der Waals surface area (Å²) in [5.74, 6) is -37.7. The first-order valence-electron chi connectivity index (χ1n) is 5.53. The fourth-order valence-corrected chi connectivity index (χ4v) is 0.910. The molecule has 0 aliphatic carbocycles. The maximum Gasteiger partial charge on any atom is 0.460 e. The predicted molar refractivity (Wildman–Crippen MR) is 58.8 cm³/mol. The third-order valence-electron chi connectivity index (χ3n) is 2.39. The Morgan fingerprint density at radius 3 is 1.12 bits per heavy atom. The van der Waals surface area contributed by atoms with Crippen LogP contribution in [0.15, 0.2) is 25.3 Å². The second kappa shape index (κ2) is 7.34. The van der Waals surface area contributed by atoms with Crippen LogP contribution in [0.3, 0.4) is 0 Å². The Morgan fingerprint density at radius 2 is 0.923 bits per heavy atom. The molecule has 2 nitrogen and oxygen atoms in total. The standard InChI is InChI=1S/C8H3F13.C3H4O2/c1-2-3(9,10)4(11,12)5(13,14)6(15,16)7(17,18)8(19,20)21;1-2-3(4)5/h2H,1H2;2H,1H2,(H,4,5). The molecule has 0 rings (SSSR count). The molecule has 1 N–H and O–H groups in total. The molecule has 0 aromatic heterocycles. The summed E-state index contributed by atoms with van der Waals surface area (Å²) < 4.78 is 160. The second-order valence-corrected chi connectivity index (χ2v) is 4.16. The normalized spacial score (nSPS) is 14.2. The molecule has 0 aliphatic rings. The predicted octanol–water partition coefficient (Wildman–Crippen LogP) is 5.17. The van der Waals surface area contributed by atoms with Crippen LogP contribution in [0.5, 0.6) is 0 Å². The van der Waals surface area contributed by atoms with Crippen molar-refractivity contribution in [2.24, 2.45) is 0 Å². The summed E-state index contributed by atoms with van der Waals surface area (Å²) in [4.78, 5) is 9.25. The van der Waals surface area contributed by atoms with E-state index >= 15 is 0 Å². The van der Waals surface area contributed by atoms with Gasteiger partial charge in [0.2, 0.25) is 0 Å². The maximum absolute atomic E-state index is 12.7. The molecule has 154 valence electrons. The number of hydrogen-bond acceptors (Lipinski definition) is 1. The van der Waals surface area contributed by atoms with Crippen molar-refractivity contribution in [3.63, 3.8) is 0 Å². The summed E-state index contributed by atoms with van der Waals surface area (Å²) in [5.41, 5.74) is 0. The van der Waals surface area contributed by atoms with Gasteiger partial charge in [-0.1, -0.05) is 13.2 Å². The van der Waals surface area contributed by atoms with Gasteiger partial charge < -0.3 is 5.11 Å². The Morgan fingerprint density at radius 1 is 0.654 bits per heavy atom. The Hall–Kier alpha value is -1.96. The fraction of sp³-hybridized carbons (Fsp3) is 0.545. The van der Waals surface area contributed by atoms with Crippen molar-refractivity contribution >= 4 is 5.97 Å². The molecule has 0 saturated carbocycles. The molecule has 0 fully saturated rings. The zero-order valence-electron chi connectivity index (χ0n) is 11.8. The molecule has 0 atom stereocenters. The molecule has 0 heterocycles. The molecule has 26 heavy (non-hydrogen) atoms. The lowest BCUT2D eigenvalue weighted by molar-refractivity contribution is -0.436. The van der Waals surface area contributed by atoms with Gasteiger partial charge in [0.05, 0.1) is 0 Å². The first-order chi connectivity index (χ1) is 11.1. The molecule has 0 saturated heterocycles. The highest BCUT2D eigenvalue weighted by atomic mass is 19.4. The summed E-state index contributed by atoms with van der Waals surface area (Å²) in [6.07, 6.45) is -7.85. The minimum absolute atomic E-state index is 0.833. The van der Waals surface area contributed by atoms with E-state index in [0.29, 0.717) is 0 Å². The van der Waals surface area contributed by atoms with Gasteiger partial charge in [-0.05, 0) is 6.08 Å². The highest BCUT2D eigenvalue weighted by Crippen LogP contribution is 2.60. The number of hydrogen-bond donors (Lipinski definition) is 1. The van der Waals surface area contributed by atoms with E-state index in [1.807, 2.05) is 6.58 Å². The molecular formula is C11H7F13O2. The van der Waals surface area contributed by atoms with E-state index in [9.17, 15) is 61.9 Å². The zero-order valence-corrected chi connectivity index (χ0v) is 11.8. The molecule has 0 spiro atoms. The lowest BCUT2D eigenvalue weighted by Crippen LogP contribution is -2.69. The fourth-order valence-electron chi connectivity index (χ4n) is 0.910. The van der Waals surface area contributed by atoms with Gasteiger partial charge in [0, 0.05) is 6.08 Å². The largest absolute Gasteiger partial charge is 0.478 e. The number of allylic oxidation sites excluding steroid dienone is 1. The van der Waals surface area contributed by atoms with Crippen molar-refractivity contribution in [1.82, 2.24) is 0 Å². The minimum Gasteiger partial charge on any atom is -0.478 e. The van der Waals surface area contributed by atoms with Crippen LogP contribution in [0.2, 0.25) is 0 Å². The molecule has 15 heteroatoms. The van der Waals surface area contributed by atoms with Crippen LogP contribution in [-0.4, -0.2) is 46.9 Å². The first kappa shape index (κ1) is 26.3. The highest BCUT2D eigenvalue weighted by molar-refractivity contribution is 5.78. The molecule has 0 aromatic rings. The first-order valence-corrected chi connectivity index (χ1v) is 5.53. The Balaban J connectivity index is 0. The topological polar surface area (TPSA) is 37.3 Å². The van der Waals surface area contributed by atoms with E-state index in [1.165, 1.54) is 0 Å². The molecule has 0 bridgehead atoms. The average molecular weight is 418 g/mol. The molecule has 0 radical (unpaired) electrons. The SMILES string of the molecule is C=CC(=O)O.C=CC(F)(F)C(F)(F)C(F)(F)C(F)(F)C(F)(F)C(F)(F)F. The zero-order chi connectivity index (χ0) is 22.0. The minimum atomic E-state index is -7.85. The van der Waals surface area contributed by atoms with E-state index in [2.05, 4.69) is 6.58 Å². The Bertz CT molecular complexity index is 533. The van der Waals surface area contributed by atoms with E-state index < -0.39 is 47.8 Å². The van der Waals surface area contributed by atoms with Crippen LogP contribution in [0.1, 0.15) is 0 Å². The van der Waals surface area contributed by atoms with Crippen molar-refractivity contribution in [2.45, 2.75) is 35.8 Å². The van der Waals surface area contributed by atoms with Crippen molar-refractivity contribution in [3.05, 3.63) is 25.3 Å². The number of carboxylic acids is 1. The summed E-state index contributed by atoms with van der Waals surface area (Å²) in [7, 11) is 0. The van der Waals surface area contributed by atoms with Gasteiger partial charge in [-0.15, -0.1) is 0 Å². The van der Waals surface area contributed by atoms with Crippen LogP contribution in [0.4, 0.5) is 57.1 Å². The molecule has 0 amide bonds. The summed E-state index contributed by atoms with van der Waals surface area (Å²) in [6, 6.07) is 0. The Labute approximate surface area is 135 Å². The van der Waals surface area contributed by atoms with Crippen molar-refractivity contribution in [1.29, 1.82) is 0 Å². The lowest BCUT2D eigenvalue weighted by atomic mass is 9.94. The van der Waals surface area contributed by atoms with Crippen LogP contribution < -0.4 is 0 Å². The van der Waals surface area contributed by atoms with E-state index in [4.69, 9.17) is 5.11 Å². The van der Waals surface area contributed by atoms with Crippen LogP contribution in [0, 0.1) is 0 Å². The number of carbonyl (C=O) groups is 1. The number of halogens is 13. The van der Waals surface area contributed by atoms with Gasteiger partial charge in [0.15, 0.2) is 0 Å². The van der Waals surface area contributed by atoms with Crippen LogP contribution in [-0.2, 0) is 4.79 Å². The smallest absolute Gasteiger partial charge is 0.460 e. The molecule has 0 aliphatic heterocycles. The van der Waals surface area contributed by atoms with Gasteiger partial charge in [-0.25, -0.2) is 4.79 Å². The van der Waals surface area contributed by atoms with Crippen LogP contribution in [0.25, 0.3) is 0 Å². The number of rotatable bonds is 6. The summed E-state index contributed by atoms with van der Waals surface area (Å²) in [5, 5.41) is 7.60. The van der Waals surface area contributed by atoms with Crippen molar-refractivity contribution in [3.8, 4) is 0 Å². The van der Waals surface area contributed by atoms with E-state index in [-0.39, 0.29) is 0 Å². The van der Waals surface area contributed by atoms with Crippen molar-refractivity contribution < 1.29 is 67.0 Å². The van der Waals surface area contributed by atoms with E-state index in [1.54, 1.807) is 0 Å². The second-order valence-electron chi connectivity index (χ2n) is 4.16.